The van der Waals surface area contributed by atoms with Crippen molar-refractivity contribution in [2.75, 3.05) is 33.9 Å². The first-order valence-electron chi connectivity index (χ1n) is 11.4. The predicted molar refractivity (Wildman–Crippen MR) is 126 cm³/mol. The SMILES string of the molecule is CCCCOc1ccc(C2CCN(S(=O)(=O)c3ccc(OC)c(OC)c3C(=O)NO)CC2)cc1F. The van der Waals surface area contributed by atoms with Crippen LogP contribution in [0.1, 0.15) is 54.4 Å². The van der Waals surface area contributed by atoms with Crippen LogP contribution in [0, 0.1) is 5.82 Å². The van der Waals surface area contributed by atoms with E-state index in [0.717, 1.165) is 18.4 Å². The van der Waals surface area contributed by atoms with Crippen LogP contribution in [0.4, 0.5) is 4.39 Å². The zero-order valence-electron chi connectivity index (χ0n) is 20.0. The highest BCUT2D eigenvalue weighted by molar-refractivity contribution is 7.89. The number of hydrogen-bond acceptors (Lipinski definition) is 7. The Hall–Kier alpha value is -2.89. The van der Waals surface area contributed by atoms with Crippen molar-refractivity contribution in [1.29, 1.82) is 0 Å². The Balaban J connectivity index is 1.80. The Kier molecular flexibility index (Phi) is 8.92. The van der Waals surface area contributed by atoms with Crippen molar-refractivity contribution >= 4 is 15.9 Å². The maximum atomic E-state index is 14.5. The van der Waals surface area contributed by atoms with Crippen LogP contribution in [0.5, 0.6) is 17.2 Å². The van der Waals surface area contributed by atoms with Gasteiger partial charge in [0.15, 0.2) is 23.1 Å². The molecule has 3 rings (SSSR count). The Labute approximate surface area is 204 Å². The lowest BCUT2D eigenvalue weighted by atomic mass is 9.90. The van der Waals surface area contributed by atoms with Gasteiger partial charge in [0.2, 0.25) is 10.0 Å². The Bertz CT molecular complexity index is 1150. The molecule has 1 amide bonds. The third-order valence-electron chi connectivity index (χ3n) is 6.09. The van der Waals surface area contributed by atoms with Gasteiger partial charge in [-0.25, -0.2) is 18.3 Å². The molecule has 0 radical (unpaired) electrons. The van der Waals surface area contributed by atoms with Crippen LogP contribution < -0.4 is 19.7 Å². The van der Waals surface area contributed by atoms with Gasteiger partial charge in [0, 0.05) is 13.1 Å². The van der Waals surface area contributed by atoms with Gasteiger partial charge in [-0.15, -0.1) is 0 Å². The summed E-state index contributed by atoms with van der Waals surface area (Å²) in [4.78, 5) is 12.1. The number of unbranched alkanes of at least 4 members (excludes halogenated alkanes) is 1. The summed E-state index contributed by atoms with van der Waals surface area (Å²) >= 11 is 0. The minimum Gasteiger partial charge on any atom is -0.493 e. The van der Waals surface area contributed by atoms with Gasteiger partial charge >= 0.3 is 0 Å². The quantitative estimate of drug-likeness (QED) is 0.285. The van der Waals surface area contributed by atoms with Gasteiger partial charge in [0.05, 0.1) is 25.7 Å². The van der Waals surface area contributed by atoms with E-state index in [1.165, 1.54) is 42.2 Å². The molecule has 0 saturated carbocycles. The molecule has 2 aromatic rings. The van der Waals surface area contributed by atoms with E-state index >= 15 is 0 Å². The molecule has 0 aromatic heterocycles. The molecule has 0 unspecified atom stereocenters. The number of carbonyl (C=O) groups excluding carboxylic acids is 1. The van der Waals surface area contributed by atoms with Crippen LogP contribution in [-0.4, -0.2) is 57.8 Å². The van der Waals surface area contributed by atoms with E-state index in [1.807, 2.05) is 13.0 Å². The second-order valence-electron chi connectivity index (χ2n) is 8.19. The number of methoxy groups -OCH3 is 2. The molecule has 35 heavy (non-hydrogen) atoms. The number of benzene rings is 2. The van der Waals surface area contributed by atoms with Crippen molar-refractivity contribution in [3.8, 4) is 17.2 Å². The number of nitrogens with one attached hydrogen (secondary N) is 1. The van der Waals surface area contributed by atoms with E-state index in [1.54, 1.807) is 6.07 Å². The van der Waals surface area contributed by atoms with Crippen LogP contribution >= 0.6 is 0 Å². The van der Waals surface area contributed by atoms with Crippen LogP contribution in [0.2, 0.25) is 0 Å². The summed E-state index contributed by atoms with van der Waals surface area (Å²) < 4.78 is 58.5. The fraction of sp³-hybridized carbons (Fsp3) is 0.458. The van der Waals surface area contributed by atoms with Gasteiger partial charge in [-0.2, -0.15) is 4.31 Å². The molecule has 0 bridgehead atoms. The molecule has 2 aromatic carbocycles. The summed E-state index contributed by atoms with van der Waals surface area (Å²) in [6.07, 6.45) is 2.75. The first-order valence-corrected chi connectivity index (χ1v) is 12.8. The Morgan fingerprint density at radius 3 is 2.40 bits per heavy atom. The first-order chi connectivity index (χ1) is 16.8. The number of nitrogens with zero attached hydrogens (tertiary/aromatic N) is 1. The van der Waals surface area contributed by atoms with Crippen molar-refractivity contribution in [2.45, 2.75) is 43.4 Å². The molecule has 9 nitrogen and oxygen atoms in total. The van der Waals surface area contributed by atoms with E-state index in [0.29, 0.717) is 19.4 Å². The van der Waals surface area contributed by atoms with Gasteiger partial charge < -0.3 is 14.2 Å². The highest BCUT2D eigenvalue weighted by Crippen LogP contribution is 2.38. The average Bonchev–Trinajstić information content (AvgIpc) is 2.88. The van der Waals surface area contributed by atoms with Gasteiger partial charge in [0.25, 0.3) is 5.91 Å². The Morgan fingerprint density at radius 1 is 1.14 bits per heavy atom. The van der Waals surface area contributed by atoms with Crippen molar-refractivity contribution in [3.63, 3.8) is 0 Å². The van der Waals surface area contributed by atoms with Crippen molar-refractivity contribution in [3.05, 3.63) is 47.3 Å². The lowest BCUT2D eigenvalue weighted by Crippen LogP contribution is -2.39. The fourth-order valence-electron chi connectivity index (χ4n) is 4.18. The standard InChI is InChI=1S/C24H31FN2O7S/c1-4-5-14-34-19-7-6-17(15-18(19)25)16-10-12-27(13-11-16)35(30,31)21-9-8-20(32-2)23(33-3)22(21)24(28)26-29/h6-9,15-16,29H,4-5,10-14H2,1-3H3,(H,26,28). The van der Waals surface area contributed by atoms with E-state index in [-0.39, 0.29) is 46.7 Å². The summed E-state index contributed by atoms with van der Waals surface area (Å²) in [6.45, 7) is 2.84. The smallest absolute Gasteiger partial charge is 0.279 e. The number of hydrogen-bond donors (Lipinski definition) is 2. The van der Waals surface area contributed by atoms with Gasteiger partial charge in [-0.05, 0) is 55.0 Å². The molecule has 11 heteroatoms. The number of piperidine rings is 1. The van der Waals surface area contributed by atoms with Gasteiger partial charge in [0.1, 0.15) is 5.56 Å². The van der Waals surface area contributed by atoms with Crippen molar-refractivity contribution in [1.82, 2.24) is 9.79 Å². The molecular weight excluding hydrogens is 479 g/mol. The highest BCUT2D eigenvalue weighted by Gasteiger charge is 2.35. The molecule has 1 aliphatic heterocycles. The maximum absolute atomic E-state index is 14.5. The predicted octanol–water partition coefficient (Wildman–Crippen LogP) is 3.71. The minimum absolute atomic E-state index is 0.0220. The fourth-order valence-corrected chi connectivity index (χ4v) is 5.83. The maximum Gasteiger partial charge on any atom is 0.279 e. The molecule has 1 heterocycles. The zero-order chi connectivity index (χ0) is 25.6. The number of halogens is 1. The average molecular weight is 511 g/mol. The van der Waals surface area contributed by atoms with Crippen LogP contribution in [-0.2, 0) is 10.0 Å². The summed E-state index contributed by atoms with van der Waals surface area (Å²) in [7, 11) is -1.48. The minimum atomic E-state index is -4.11. The molecule has 0 atom stereocenters. The molecular formula is C24H31FN2O7S. The van der Waals surface area contributed by atoms with E-state index in [4.69, 9.17) is 14.2 Å². The van der Waals surface area contributed by atoms with Crippen LogP contribution in [0.25, 0.3) is 0 Å². The van der Waals surface area contributed by atoms with Crippen molar-refractivity contribution < 1.29 is 37.0 Å². The lowest BCUT2D eigenvalue weighted by molar-refractivity contribution is 0.0698. The van der Waals surface area contributed by atoms with E-state index in [2.05, 4.69) is 0 Å². The molecule has 1 aliphatic rings. The Morgan fingerprint density at radius 2 is 1.83 bits per heavy atom. The molecule has 1 fully saturated rings. The summed E-state index contributed by atoms with van der Waals surface area (Å²) in [5, 5.41) is 9.19. The number of ether oxygens (including phenoxy) is 3. The summed E-state index contributed by atoms with van der Waals surface area (Å²) in [5.41, 5.74) is 1.91. The third-order valence-corrected chi connectivity index (χ3v) is 8.03. The first kappa shape index (κ1) is 26.7. The second-order valence-corrected chi connectivity index (χ2v) is 10.1. The number of carbonyl (C=O) groups is 1. The molecule has 192 valence electrons. The van der Waals surface area contributed by atoms with Gasteiger partial charge in [-0.3, -0.25) is 10.0 Å². The highest BCUT2D eigenvalue weighted by atomic mass is 32.2. The molecule has 0 aliphatic carbocycles. The molecule has 1 saturated heterocycles. The largest absolute Gasteiger partial charge is 0.493 e. The summed E-state index contributed by atoms with van der Waals surface area (Å²) in [6, 6.07) is 7.53. The topological polar surface area (TPSA) is 114 Å². The van der Waals surface area contributed by atoms with Crippen LogP contribution in [0.3, 0.4) is 0 Å². The normalized spacial score (nSPS) is 15.0. The molecule has 0 spiro atoms. The van der Waals surface area contributed by atoms with E-state index < -0.39 is 21.7 Å². The number of sulfonamides is 1. The zero-order valence-corrected chi connectivity index (χ0v) is 20.9. The third kappa shape index (κ3) is 5.68. The van der Waals surface area contributed by atoms with Gasteiger partial charge in [-0.1, -0.05) is 19.4 Å². The molecule has 2 N–H and O–H groups in total. The summed E-state index contributed by atoms with van der Waals surface area (Å²) in [5.74, 6) is -1.24. The number of hydroxylamine groups is 1. The lowest BCUT2D eigenvalue weighted by Gasteiger charge is -2.32. The number of amides is 1. The van der Waals surface area contributed by atoms with Crippen LogP contribution in [0.15, 0.2) is 35.2 Å². The second kappa shape index (κ2) is 11.7. The van der Waals surface area contributed by atoms with Crippen molar-refractivity contribution in [2.24, 2.45) is 0 Å². The number of rotatable bonds is 10. The van der Waals surface area contributed by atoms with E-state index in [9.17, 15) is 22.8 Å². The monoisotopic (exact) mass is 510 g/mol.